The van der Waals surface area contributed by atoms with Crippen molar-refractivity contribution in [2.75, 3.05) is 11.1 Å². The van der Waals surface area contributed by atoms with Crippen LogP contribution in [0.25, 0.3) is 0 Å². The summed E-state index contributed by atoms with van der Waals surface area (Å²) in [6, 6.07) is 1.19. The molecule has 2 aromatic rings. The number of thiazole rings is 1. The molecule has 2 rings (SSSR count). The van der Waals surface area contributed by atoms with Crippen LogP contribution in [0.5, 0.6) is 0 Å². The molecular weight excluding hydrogens is 239 g/mol. The van der Waals surface area contributed by atoms with E-state index in [1.54, 1.807) is 0 Å². The van der Waals surface area contributed by atoms with Crippen LogP contribution in [0.4, 0.5) is 29.0 Å². The molecule has 0 amide bonds. The number of nitrogens with two attached hydrogens (primary N) is 1. The van der Waals surface area contributed by atoms with Gasteiger partial charge in [-0.25, -0.2) is 18.2 Å². The monoisotopic (exact) mass is 245 g/mol. The van der Waals surface area contributed by atoms with E-state index in [1.807, 2.05) is 0 Å². The number of hydrogen-bond donors (Lipinski definition) is 2. The average Bonchev–Trinajstić information content (AvgIpc) is 2.60. The zero-order chi connectivity index (χ0) is 11.7. The van der Waals surface area contributed by atoms with E-state index >= 15 is 0 Å². The molecule has 1 aromatic heterocycles. The fraction of sp³-hybridized carbons (Fsp3) is 0. The summed E-state index contributed by atoms with van der Waals surface area (Å²) >= 11 is 1.07. The minimum atomic E-state index is -1.23. The number of rotatable bonds is 2. The first-order valence-corrected chi connectivity index (χ1v) is 5.01. The van der Waals surface area contributed by atoms with Gasteiger partial charge >= 0.3 is 0 Å². The van der Waals surface area contributed by atoms with Gasteiger partial charge in [-0.05, 0) is 0 Å². The molecule has 0 aliphatic rings. The number of halogens is 3. The second kappa shape index (κ2) is 4.01. The average molecular weight is 245 g/mol. The van der Waals surface area contributed by atoms with Crippen LogP contribution < -0.4 is 11.1 Å². The first-order chi connectivity index (χ1) is 7.56. The molecule has 84 valence electrons. The summed E-state index contributed by atoms with van der Waals surface area (Å²) in [7, 11) is 0. The van der Waals surface area contributed by atoms with Crippen molar-refractivity contribution in [3.8, 4) is 0 Å². The number of nitrogens with zero attached hydrogens (tertiary/aromatic N) is 1. The molecule has 16 heavy (non-hydrogen) atoms. The number of benzene rings is 1. The van der Waals surface area contributed by atoms with Gasteiger partial charge < -0.3 is 11.1 Å². The van der Waals surface area contributed by atoms with Crippen molar-refractivity contribution in [2.45, 2.75) is 0 Å². The van der Waals surface area contributed by atoms with E-state index in [0.29, 0.717) is 16.2 Å². The highest BCUT2D eigenvalue weighted by atomic mass is 32.1. The maximum Gasteiger partial charge on any atom is 0.189 e. The highest BCUT2D eigenvalue weighted by Gasteiger charge is 2.10. The van der Waals surface area contributed by atoms with Crippen molar-refractivity contribution in [2.24, 2.45) is 0 Å². The number of hydrogen-bond acceptors (Lipinski definition) is 4. The molecule has 0 radical (unpaired) electrons. The van der Waals surface area contributed by atoms with Crippen LogP contribution in [0.15, 0.2) is 18.3 Å². The van der Waals surface area contributed by atoms with Crippen LogP contribution in [0.3, 0.4) is 0 Å². The Morgan fingerprint density at radius 3 is 2.44 bits per heavy atom. The highest BCUT2D eigenvalue weighted by Crippen LogP contribution is 2.26. The van der Waals surface area contributed by atoms with Gasteiger partial charge in [0.15, 0.2) is 16.8 Å². The Kier molecular flexibility index (Phi) is 2.69. The molecule has 3 nitrogen and oxygen atoms in total. The molecule has 0 saturated heterocycles. The second-order valence-corrected chi connectivity index (χ2v) is 4.00. The summed E-state index contributed by atoms with van der Waals surface area (Å²) < 4.78 is 38.7. The first-order valence-electron chi connectivity index (χ1n) is 4.19. The van der Waals surface area contributed by atoms with E-state index in [-0.39, 0.29) is 5.69 Å². The van der Waals surface area contributed by atoms with Gasteiger partial charge in [-0.1, -0.05) is 11.3 Å². The molecule has 0 spiro atoms. The van der Waals surface area contributed by atoms with Crippen LogP contribution in [0.2, 0.25) is 0 Å². The highest BCUT2D eigenvalue weighted by molar-refractivity contribution is 7.19. The van der Waals surface area contributed by atoms with Crippen molar-refractivity contribution in [3.63, 3.8) is 0 Å². The number of nitrogen functional groups attached to an aromatic ring is 1. The van der Waals surface area contributed by atoms with Crippen molar-refractivity contribution in [1.29, 1.82) is 0 Å². The Morgan fingerprint density at radius 2 is 1.81 bits per heavy atom. The Balaban J connectivity index is 2.31. The largest absolute Gasteiger partial charge is 0.389 e. The van der Waals surface area contributed by atoms with E-state index in [4.69, 9.17) is 5.73 Å². The summed E-state index contributed by atoms with van der Waals surface area (Å²) in [4.78, 5) is 3.80. The van der Waals surface area contributed by atoms with Crippen LogP contribution in [-0.4, -0.2) is 4.98 Å². The van der Waals surface area contributed by atoms with Gasteiger partial charge in [0.2, 0.25) is 0 Å². The van der Waals surface area contributed by atoms with Crippen molar-refractivity contribution >= 4 is 27.2 Å². The van der Waals surface area contributed by atoms with Crippen LogP contribution in [0, 0.1) is 17.5 Å². The standard InChI is InChI=1S/C9H6F3N3S/c10-4-1-6(12)7(2-5(4)11)15-9-14-3-8(13)16-9/h1-3H,13H2,(H,14,15). The maximum atomic E-state index is 13.2. The summed E-state index contributed by atoms with van der Waals surface area (Å²) in [5, 5.41) is 3.25. The number of nitrogens with one attached hydrogen (secondary N) is 1. The Labute approximate surface area is 92.7 Å². The lowest BCUT2D eigenvalue weighted by Crippen LogP contribution is -1.96. The SMILES string of the molecule is Nc1cnc(Nc2cc(F)c(F)cc2F)s1. The third kappa shape index (κ3) is 2.08. The summed E-state index contributed by atoms with van der Waals surface area (Å²) in [6.45, 7) is 0. The molecule has 3 N–H and O–H groups in total. The van der Waals surface area contributed by atoms with E-state index in [9.17, 15) is 13.2 Å². The molecule has 0 fully saturated rings. The van der Waals surface area contributed by atoms with Crippen LogP contribution in [0.1, 0.15) is 0 Å². The minimum Gasteiger partial charge on any atom is -0.389 e. The van der Waals surface area contributed by atoms with Gasteiger partial charge in [-0.3, -0.25) is 0 Å². The quantitative estimate of drug-likeness (QED) is 0.800. The van der Waals surface area contributed by atoms with Crippen molar-refractivity contribution in [1.82, 2.24) is 4.98 Å². The molecule has 0 saturated carbocycles. The van der Waals surface area contributed by atoms with Crippen LogP contribution in [-0.2, 0) is 0 Å². The molecule has 0 aliphatic carbocycles. The predicted molar refractivity (Wildman–Crippen MR) is 56.1 cm³/mol. The third-order valence-electron chi connectivity index (χ3n) is 1.78. The molecular formula is C9H6F3N3S. The van der Waals surface area contributed by atoms with Gasteiger partial charge in [0.05, 0.1) is 11.9 Å². The smallest absolute Gasteiger partial charge is 0.189 e. The lowest BCUT2D eigenvalue weighted by Gasteiger charge is -2.04. The third-order valence-corrected chi connectivity index (χ3v) is 2.52. The summed E-state index contributed by atoms with van der Waals surface area (Å²) in [5.41, 5.74) is 5.23. The van der Waals surface area contributed by atoms with Gasteiger partial charge in [0.25, 0.3) is 0 Å². The molecule has 1 heterocycles. The minimum absolute atomic E-state index is 0.187. The normalized spacial score (nSPS) is 10.4. The van der Waals surface area contributed by atoms with E-state index in [1.165, 1.54) is 6.20 Å². The fourth-order valence-corrected chi connectivity index (χ4v) is 1.67. The molecule has 0 unspecified atom stereocenters. The van der Waals surface area contributed by atoms with Gasteiger partial charge in [0.1, 0.15) is 10.8 Å². The zero-order valence-corrected chi connectivity index (χ0v) is 8.62. The topological polar surface area (TPSA) is 50.9 Å². The van der Waals surface area contributed by atoms with Gasteiger partial charge in [-0.15, -0.1) is 0 Å². The summed E-state index contributed by atoms with van der Waals surface area (Å²) in [5.74, 6) is -3.26. The molecule has 7 heteroatoms. The van der Waals surface area contributed by atoms with Crippen molar-refractivity contribution < 1.29 is 13.2 Å². The van der Waals surface area contributed by atoms with E-state index < -0.39 is 17.5 Å². The van der Waals surface area contributed by atoms with E-state index in [2.05, 4.69) is 10.3 Å². The van der Waals surface area contributed by atoms with Crippen LogP contribution >= 0.6 is 11.3 Å². The molecule has 0 bridgehead atoms. The Morgan fingerprint density at radius 1 is 1.12 bits per heavy atom. The molecule has 0 atom stereocenters. The van der Waals surface area contributed by atoms with Gasteiger partial charge in [0, 0.05) is 12.1 Å². The lowest BCUT2D eigenvalue weighted by atomic mass is 10.3. The molecule has 1 aromatic carbocycles. The van der Waals surface area contributed by atoms with E-state index in [0.717, 1.165) is 17.4 Å². The second-order valence-electron chi connectivity index (χ2n) is 2.94. The molecule has 0 aliphatic heterocycles. The zero-order valence-electron chi connectivity index (χ0n) is 7.80. The Bertz CT molecular complexity index is 527. The first kappa shape index (κ1) is 10.7. The maximum absolute atomic E-state index is 13.2. The fourth-order valence-electron chi connectivity index (χ4n) is 1.08. The van der Waals surface area contributed by atoms with Gasteiger partial charge in [-0.2, -0.15) is 0 Å². The Hall–Kier alpha value is -1.76. The number of anilines is 3. The van der Waals surface area contributed by atoms with Crippen molar-refractivity contribution in [3.05, 3.63) is 35.8 Å². The lowest BCUT2D eigenvalue weighted by molar-refractivity contribution is 0.496. The summed E-state index contributed by atoms with van der Waals surface area (Å²) in [6.07, 6.45) is 1.38. The number of aromatic nitrogens is 1. The predicted octanol–water partition coefficient (Wildman–Crippen LogP) is 2.89.